The van der Waals surface area contributed by atoms with Crippen LogP contribution in [0.2, 0.25) is 0 Å². The molecule has 6 nitrogen and oxygen atoms in total. The van der Waals surface area contributed by atoms with E-state index in [2.05, 4.69) is 20.5 Å². The number of rotatable bonds is 7. The Balaban J connectivity index is 2.24. The van der Waals surface area contributed by atoms with Crippen molar-refractivity contribution in [2.24, 2.45) is 5.73 Å². The summed E-state index contributed by atoms with van der Waals surface area (Å²) in [6.07, 6.45) is 4.38. The highest BCUT2D eigenvalue weighted by molar-refractivity contribution is 5.85. The molecule has 4 N–H and O–H groups in total. The summed E-state index contributed by atoms with van der Waals surface area (Å²) >= 11 is 0. The van der Waals surface area contributed by atoms with Gasteiger partial charge in [-0.3, -0.25) is 9.89 Å². The second-order valence-electron chi connectivity index (χ2n) is 4.15. The highest BCUT2D eigenvalue weighted by atomic mass is 16.2. The standard InChI is InChI=1S/C11H21N5O/c1-3-11(12,4-2)10(17)13-7-5-6-9-14-8-15-16-9/h8H,3-7,12H2,1-2H3,(H,13,17)(H,14,15,16). The largest absolute Gasteiger partial charge is 0.354 e. The molecule has 0 aliphatic carbocycles. The van der Waals surface area contributed by atoms with Crippen molar-refractivity contribution in [2.45, 2.75) is 45.1 Å². The molecule has 1 heterocycles. The smallest absolute Gasteiger partial charge is 0.240 e. The SMILES string of the molecule is CCC(N)(CC)C(=O)NCCCc1ncn[nH]1. The lowest BCUT2D eigenvalue weighted by Crippen LogP contribution is -2.53. The van der Waals surface area contributed by atoms with E-state index < -0.39 is 5.54 Å². The number of hydrogen-bond acceptors (Lipinski definition) is 4. The van der Waals surface area contributed by atoms with E-state index in [1.807, 2.05) is 13.8 Å². The first-order valence-corrected chi connectivity index (χ1v) is 6.03. The number of aromatic nitrogens is 3. The molecule has 0 saturated carbocycles. The van der Waals surface area contributed by atoms with E-state index in [-0.39, 0.29) is 5.91 Å². The van der Waals surface area contributed by atoms with Gasteiger partial charge < -0.3 is 11.1 Å². The molecular weight excluding hydrogens is 218 g/mol. The lowest BCUT2D eigenvalue weighted by molar-refractivity contribution is -0.126. The Morgan fingerprint density at radius 1 is 1.53 bits per heavy atom. The van der Waals surface area contributed by atoms with Gasteiger partial charge in [0, 0.05) is 13.0 Å². The third-order valence-corrected chi connectivity index (χ3v) is 3.05. The third kappa shape index (κ3) is 3.81. The number of nitrogens with two attached hydrogens (primary N) is 1. The lowest BCUT2D eigenvalue weighted by atomic mass is 9.93. The van der Waals surface area contributed by atoms with E-state index in [1.165, 1.54) is 6.33 Å². The van der Waals surface area contributed by atoms with Gasteiger partial charge in [-0.05, 0) is 19.3 Å². The number of H-pyrrole nitrogens is 1. The van der Waals surface area contributed by atoms with Gasteiger partial charge in [-0.25, -0.2) is 4.98 Å². The molecule has 0 spiro atoms. The molecule has 0 aliphatic heterocycles. The van der Waals surface area contributed by atoms with Gasteiger partial charge in [0.25, 0.3) is 0 Å². The van der Waals surface area contributed by atoms with Crippen LogP contribution in [-0.4, -0.2) is 33.2 Å². The highest BCUT2D eigenvalue weighted by Gasteiger charge is 2.29. The maximum Gasteiger partial charge on any atom is 0.240 e. The van der Waals surface area contributed by atoms with Gasteiger partial charge in [0.2, 0.25) is 5.91 Å². The zero-order valence-electron chi connectivity index (χ0n) is 10.5. The molecule has 0 fully saturated rings. The second-order valence-corrected chi connectivity index (χ2v) is 4.15. The van der Waals surface area contributed by atoms with Crippen LogP contribution < -0.4 is 11.1 Å². The van der Waals surface area contributed by atoms with Crippen molar-refractivity contribution in [1.29, 1.82) is 0 Å². The average molecular weight is 239 g/mol. The lowest BCUT2D eigenvalue weighted by Gasteiger charge is -2.25. The molecule has 1 amide bonds. The maximum absolute atomic E-state index is 11.8. The summed E-state index contributed by atoms with van der Waals surface area (Å²) in [5, 5.41) is 9.40. The Morgan fingerprint density at radius 3 is 2.76 bits per heavy atom. The van der Waals surface area contributed by atoms with Crippen LogP contribution in [-0.2, 0) is 11.2 Å². The molecule has 1 aromatic heterocycles. The molecule has 6 heteroatoms. The number of nitrogens with one attached hydrogen (secondary N) is 2. The minimum absolute atomic E-state index is 0.0694. The molecule has 17 heavy (non-hydrogen) atoms. The highest BCUT2D eigenvalue weighted by Crippen LogP contribution is 2.10. The van der Waals surface area contributed by atoms with Crippen molar-refractivity contribution in [3.8, 4) is 0 Å². The van der Waals surface area contributed by atoms with Crippen LogP contribution in [0.15, 0.2) is 6.33 Å². The number of amides is 1. The van der Waals surface area contributed by atoms with E-state index in [4.69, 9.17) is 5.73 Å². The molecule has 0 aliphatic rings. The zero-order chi connectivity index (χ0) is 12.7. The summed E-state index contributed by atoms with van der Waals surface area (Å²) in [7, 11) is 0. The summed E-state index contributed by atoms with van der Waals surface area (Å²) in [5.74, 6) is 0.768. The molecule has 0 bridgehead atoms. The average Bonchev–Trinajstić information content (AvgIpc) is 2.86. The summed E-state index contributed by atoms with van der Waals surface area (Å²) in [4.78, 5) is 15.8. The van der Waals surface area contributed by atoms with Gasteiger partial charge in [0.1, 0.15) is 12.2 Å². The molecule has 96 valence electrons. The van der Waals surface area contributed by atoms with Crippen LogP contribution in [0.5, 0.6) is 0 Å². The van der Waals surface area contributed by atoms with Gasteiger partial charge >= 0.3 is 0 Å². The molecular formula is C11H21N5O. The number of aryl methyl sites for hydroxylation is 1. The van der Waals surface area contributed by atoms with Gasteiger partial charge in [-0.15, -0.1) is 0 Å². The van der Waals surface area contributed by atoms with Crippen molar-refractivity contribution in [2.75, 3.05) is 6.54 Å². The Bertz CT molecular complexity index is 332. The van der Waals surface area contributed by atoms with Crippen molar-refractivity contribution in [1.82, 2.24) is 20.5 Å². The molecule has 0 saturated heterocycles. The van der Waals surface area contributed by atoms with E-state index >= 15 is 0 Å². The zero-order valence-corrected chi connectivity index (χ0v) is 10.5. The summed E-state index contributed by atoms with van der Waals surface area (Å²) in [5.41, 5.74) is 5.25. The number of hydrogen-bond donors (Lipinski definition) is 3. The fourth-order valence-corrected chi connectivity index (χ4v) is 1.56. The first-order valence-electron chi connectivity index (χ1n) is 6.03. The Morgan fingerprint density at radius 2 is 2.24 bits per heavy atom. The van der Waals surface area contributed by atoms with Crippen LogP contribution >= 0.6 is 0 Å². The van der Waals surface area contributed by atoms with Crippen LogP contribution in [0, 0.1) is 0 Å². The minimum atomic E-state index is -0.730. The number of carbonyl (C=O) groups is 1. The van der Waals surface area contributed by atoms with Crippen molar-refractivity contribution in [3.05, 3.63) is 12.2 Å². The molecule has 0 unspecified atom stereocenters. The van der Waals surface area contributed by atoms with Crippen LogP contribution in [0.1, 0.15) is 38.9 Å². The first kappa shape index (κ1) is 13.6. The number of nitrogens with zero attached hydrogens (tertiary/aromatic N) is 2. The predicted octanol–water partition coefficient (Wildman–Crippen LogP) is 0.371. The van der Waals surface area contributed by atoms with Gasteiger partial charge in [-0.2, -0.15) is 5.10 Å². The molecule has 0 radical (unpaired) electrons. The van der Waals surface area contributed by atoms with Gasteiger partial charge in [0.05, 0.1) is 5.54 Å². The molecule has 0 atom stereocenters. The molecule has 0 aromatic carbocycles. The number of aromatic amines is 1. The number of carbonyl (C=O) groups excluding carboxylic acids is 1. The second kappa shape index (κ2) is 6.34. The minimum Gasteiger partial charge on any atom is -0.354 e. The van der Waals surface area contributed by atoms with Crippen LogP contribution in [0.25, 0.3) is 0 Å². The fraction of sp³-hybridized carbons (Fsp3) is 0.727. The normalized spacial score (nSPS) is 11.5. The predicted molar refractivity (Wildman–Crippen MR) is 65.2 cm³/mol. The maximum atomic E-state index is 11.8. The summed E-state index contributed by atoms with van der Waals surface area (Å²) in [6.45, 7) is 4.47. The van der Waals surface area contributed by atoms with Crippen LogP contribution in [0.4, 0.5) is 0 Å². The summed E-state index contributed by atoms with van der Waals surface area (Å²) in [6, 6.07) is 0. The monoisotopic (exact) mass is 239 g/mol. The Hall–Kier alpha value is -1.43. The summed E-state index contributed by atoms with van der Waals surface area (Å²) < 4.78 is 0. The topological polar surface area (TPSA) is 96.7 Å². The fourth-order valence-electron chi connectivity index (χ4n) is 1.56. The van der Waals surface area contributed by atoms with E-state index in [9.17, 15) is 4.79 Å². The van der Waals surface area contributed by atoms with E-state index in [1.54, 1.807) is 0 Å². The van der Waals surface area contributed by atoms with E-state index in [0.29, 0.717) is 19.4 Å². The van der Waals surface area contributed by atoms with Gasteiger partial charge in [-0.1, -0.05) is 13.8 Å². The van der Waals surface area contributed by atoms with Gasteiger partial charge in [0.15, 0.2) is 0 Å². The van der Waals surface area contributed by atoms with Crippen molar-refractivity contribution in [3.63, 3.8) is 0 Å². The third-order valence-electron chi connectivity index (χ3n) is 3.05. The van der Waals surface area contributed by atoms with E-state index in [0.717, 1.165) is 18.7 Å². The first-order chi connectivity index (χ1) is 8.12. The van der Waals surface area contributed by atoms with Crippen molar-refractivity contribution >= 4 is 5.91 Å². The Labute approximate surface area is 101 Å². The van der Waals surface area contributed by atoms with Crippen LogP contribution in [0.3, 0.4) is 0 Å². The quantitative estimate of drug-likeness (QED) is 0.599. The molecule has 1 rings (SSSR count). The Kier molecular flexibility index (Phi) is 5.09. The molecule has 1 aromatic rings. The van der Waals surface area contributed by atoms with Crippen molar-refractivity contribution < 1.29 is 4.79 Å².